The van der Waals surface area contributed by atoms with Gasteiger partial charge in [-0.25, -0.2) is 0 Å². The molecule has 8 nitrogen and oxygen atoms in total. The van der Waals surface area contributed by atoms with E-state index in [0.29, 0.717) is 0 Å². The van der Waals surface area contributed by atoms with Crippen molar-refractivity contribution >= 4 is 29.3 Å². The number of anilines is 1. The molecular formula is C28H25N3O5. The summed E-state index contributed by atoms with van der Waals surface area (Å²) >= 11 is 0. The van der Waals surface area contributed by atoms with Crippen molar-refractivity contribution in [2.45, 2.75) is 13.0 Å². The maximum absolute atomic E-state index is 10.0. The number of hydrogen-bond acceptors (Lipinski definition) is 6. The number of nitrogen functional groups attached to an aromatic ring is 1. The molecular weight excluding hydrogens is 458 g/mol. The zero-order valence-electron chi connectivity index (χ0n) is 19.5. The summed E-state index contributed by atoms with van der Waals surface area (Å²) < 4.78 is 6.27. The van der Waals surface area contributed by atoms with E-state index >= 15 is 0 Å². The van der Waals surface area contributed by atoms with Crippen molar-refractivity contribution in [2.24, 2.45) is 0 Å². The van der Waals surface area contributed by atoms with Gasteiger partial charge in [-0.15, -0.1) is 0 Å². The number of imide groups is 2. The number of nitrogens with one attached hydrogen (secondary N) is 2. The highest BCUT2D eigenvalue weighted by atomic mass is 16.5. The molecule has 4 N–H and O–H groups in total. The van der Waals surface area contributed by atoms with Crippen molar-refractivity contribution < 1.29 is 23.9 Å². The van der Waals surface area contributed by atoms with Crippen molar-refractivity contribution in [3.8, 4) is 5.75 Å². The third kappa shape index (κ3) is 7.81. The molecule has 2 aliphatic rings. The number of hydrogen-bond donors (Lipinski definition) is 3. The average molecular weight is 484 g/mol. The second-order valence-electron chi connectivity index (χ2n) is 7.71. The van der Waals surface area contributed by atoms with Crippen LogP contribution in [0.15, 0.2) is 103 Å². The van der Waals surface area contributed by atoms with E-state index in [9.17, 15) is 19.2 Å². The summed E-state index contributed by atoms with van der Waals surface area (Å²) in [5, 5.41) is 4.06. The van der Waals surface area contributed by atoms with E-state index in [0.717, 1.165) is 28.1 Å². The molecule has 2 heterocycles. The van der Waals surface area contributed by atoms with E-state index in [1.165, 1.54) is 24.3 Å². The molecule has 0 atom stereocenters. The van der Waals surface area contributed by atoms with Crippen LogP contribution in [-0.2, 0) is 19.2 Å². The Morgan fingerprint density at radius 2 is 1.06 bits per heavy atom. The van der Waals surface area contributed by atoms with Gasteiger partial charge in [0.2, 0.25) is 0 Å². The van der Waals surface area contributed by atoms with Gasteiger partial charge in [0.1, 0.15) is 11.9 Å². The molecule has 0 spiro atoms. The minimum atomic E-state index is -0.329. The van der Waals surface area contributed by atoms with Crippen molar-refractivity contribution in [1.29, 1.82) is 0 Å². The van der Waals surface area contributed by atoms with Gasteiger partial charge in [-0.1, -0.05) is 60.7 Å². The lowest BCUT2D eigenvalue weighted by Gasteiger charge is -2.20. The topological polar surface area (TPSA) is 128 Å². The minimum Gasteiger partial charge on any atom is -0.481 e. The molecule has 3 aromatic carbocycles. The fraction of sp³-hybridized carbons (Fsp3) is 0.0714. The van der Waals surface area contributed by atoms with Gasteiger partial charge < -0.3 is 10.5 Å². The SMILES string of the molecule is Cc1cc(OC(c2ccccc2)c2ccccc2)ccc1N.O=C1C=CC(=O)N1.O=C1C=CC(=O)N1. The van der Waals surface area contributed by atoms with Crippen LogP contribution >= 0.6 is 0 Å². The van der Waals surface area contributed by atoms with E-state index in [1.807, 2.05) is 72.2 Å². The molecule has 2 aliphatic heterocycles. The fourth-order valence-corrected chi connectivity index (χ4v) is 3.15. The van der Waals surface area contributed by atoms with Crippen molar-refractivity contribution in [3.63, 3.8) is 0 Å². The first-order valence-electron chi connectivity index (χ1n) is 11.0. The number of ether oxygens (including phenoxy) is 1. The summed E-state index contributed by atoms with van der Waals surface area (Å²) in [6.07, 6.45) is 4.65. The summed E-state index contributed by atoms with van der Waals surface area (Å²) in [7, 11) is 0. The second kappa shape index (κ2) is 12.5. The normalized spacial score (nSPS) is 13.4. The van der Waals surface area contributed by atoms with E-state index < -0.39 is 0 Å². The Hall–Kier alpha value is -4.98. The summed E-state index contributed by atoms with van der Waals surface area (Å²) in [6, 6.07) is 26.3. The van der Waals surface area contributed by atoms with Gasteiger partial charge in [-0.05, 0) is 41.8 Å². The largest absolute Gasteiger partial charge is 0.481 e. The standard InChI is InChI=1S/C20H19NO.2C4H3NO2/c1-15-14-18(12-13-19(15)21)22-20(16-8-4-2-5-9-16)17-10-6-3-7-11-17;2*6-3-1-2-4(7)5-3/h2-14,20H,21H2,1H3;2*1-2H,(H,5,6,7). The van der Waals surface area contributed by atoms with Crippen LogP contribution in [0.2, 0.25) is 0 Å². The molecule has 0 saturated carbocycles. The maximum atomic E-state index is 10.0. The molecule has 0 saturated heterocycles. The van der Waals surface area contributed by atoms with Crippen LogP contribution in [0, 0.1) is 6.92 Å². The van der Waals surface area contributed by atoms with Gasteiger partial charge in [0.05, 0.1) is 0 Å². The van der Waals surface area contributed by atoms with E-state index in [1.54, 1.807) is 0 Å². The zero-order valence-corrected chi connectivity index (χ0v) is 19.5. The van der Waals surface area contributed by atoms with Gasteiger partial charge in [0, 0.05) is 30.0 Å². The van der Waals surface area contributed by atoms with Crippen LogP contribution in [0.25, 0.3) is 0 Å². The van der Waals surface area contributed by atoms with Gasteiger partial charge >= 0.3 is 0 Å². The van der Waals surface area contributed by atoms with Crippen molar-refractivity contribution in [2.75, 3.05) is 5.73 Å². The van der Waals surface area contributed by atoms with Crippen LogP contribution < -0.4 is 21.1 Å². The van der Waals surface area contributed by atoms with Gasteiger partial charge in [0.15, 0.2) is 0 Å². The molecule has 0 radical (unpaired) electrons. The van der Waals surface area contributed by atoms with Gasteiger partial charge in [-0.2, -0.15) is 0 Å². The highest BCUT2D eigenvalue weighted by molar-refractivity contribution is 6.13. The van der Waals surface area contributed by atoms with Crippen LogP contribution in [-0.4, -0.2) is 23.6 Å². The summed E-state index contributed by atoms with van der Waals surface area (Å²) in [5.74, 6) is -0.491. The van der Waals surface area contributed by atoms with E-state index in [4.69, 9.17) is 10.5 Å². The monoisotopic (exact) mass is 483 g/mol. The predicted octanol–water partition coefficient (Wildman–Crippen LogP) is 3.14. The first-order valence-corrected chi connectivity index (χ1v) is 11.0. The van der Waals surface area contributed by atoms with Crippen molar-refractivity contribution in [1.82, 2.24) is 10.6 Å². The minimum absolute atomic E-state index is 0.134. The Labute approximate surface area is 208 Å². The Balaban J connectivity index is 0.000000209. The molecule has 0 bridgehead atoms. The lowest BCUT2D eigenvalue weighted by molar-refractivity contribution is -0.125. The van der Waals surface area contributed by atoms with Gasteiger partial charge in [-0.3, -0.25) is 29.8 Å². The summed E-state index contributed by atoms with van der Waals surface area (Å²) in [4.78, 5) is 40.1. The Morgan fingerprint density at radius 3 is 1.39 bits per heavy atom. The van der Waals surface area contributed by atoms with Crippen LogP contribution in [0.5, 0.6) is 5.75 Å². The lowest BCUT2D eigenvalue weighted by atomic mass is 10.0. The number of amides is 4. The molecule has 0 fully saturated rings. The average Bonchev–Trinajstić information content (AvgIpc) is 3.46. The Morgan fingerprint density at radius 1 is 0.639 bits per heavy atom. The number of benzene rings is 3. The summed E-state index contributed by atoms with van der Waals surface area (Å²) in [5.41, 5.74) is 9.95. The zero-order chi connectivity index (χ0) is 25.9. The Bertz CT molecular complexity index is 1190. The number of nitrogens with two attached hydrogens (primary N) is 1. The third-order valence-corrected chi connectivity index (χ3v) is 4.96. The number of aryl methyl sites for hydroxylation is 1. The molecule has 4 amide bonds. The van der Waals surface area contributed by atoms with Crippen molar-refractivity contribution in [3.05, 3.63) is 120 Å². The number of rotatable bonds is 4. The number of carbonyl (C=O) groups is 4. The van der Waals surface area contributed by atoms with E-state index in [2.05, 4.69) is 24.3 Å². The first-order chi connectivity index (χ1) is 17.3. The van der Waals surface area contributed by atoms with Crippen LogP contribution in [0.4, 0.5) is 5.69 Å². The molecule has 0 aromatic heterocycles. The molecule has 36 heavy (non-hydrogen) atoms. The number of carbonyl (C=O) groups excluding carboxylic acids is 4. The smallest absolute Gasteiger partial charge is 0.250 e. The first kappa shape index (κ1) is 25.6. The maximum Gasteiger partial charge on any atom is 0.250 e. The molecule has 5 rings (SSSR count). The highest BCUT2D eigenvalue weighted by Gasteiger charge is 2.16. The molecule has 8 heteroatoms. The molecule has 3 aromatic rings. The molecule has 0 aliphatic carbocycles. The lowest BCUT2D eigenvalue weighted by Crippen LogP contribution is -2.19. The fourth-order valence-electron chi connectivity index (χ4n) is 3.15. The third-order valence-electron chi connectivity index (χ3n) is 4.96. The quantitative estimate of drug-likeness (QED) is 0.386. The van der Waals surface area contributed by atoms with E-state index in [-0.39, 0.29) is 29.7 Å². The van der Waals surface area contributed by atoms with Gasteiger partial charge in [0.25, 0.3) is 23.6 Å². The molecule has 182 valence electrons. The summed E-state index contributed by atoms with van der Waals surface area (Å²) in [6.45, 7) is 1.99. The van der Waals surface area contributed by atoms with Crippen LogP contribution in [0.1, 0.15) is 22.8 Å². The van der Waals surface area contributed by atoms with Crippen LogP contribution in [0.3, 0.4) is 0 Å². The predicted molar refractivity (Wildman–Crippen MR) is 136 cm³/mol. The highest BCUT2D eigenvalue weighted by Crippen LogP contribution is 2.29. The second-order valence-corrected chi connectivity index (χ2v) is 7.71. The molecule has 0 unspecified atom stereocenters. The Kier molecular flexibility index (Phi) is 8.88.